The molecule has 0 spiro atoms. The van der Waals surface area contributed by atoms with Crippen LogP contribution in [0.5, 0.6) is 0 Å². The van der Waals surface area contributed by atoms with E-state index < -0.39 is 0 Å². The average molecular weight is 473 g/mol. The van der Waals surface area contributed by atoms with Gasteiger partial charge in [0.15, 0.2) is 0 Å². The van der Waals surface area contributed by atoms with Crippen LogP contribution in [-0.2, 0) is 0 Å². The highest BCUT2D eigenvalue weighted by atomic mass is 16.2. The second-order valence-electron chi connectivity index (χ2n) is 10.8. The predicted molar refractivity (Wildman–Crippen MR) is 148 cm³/mol. The Morgan fingerprint density at radius 2 is 1.97 bits per heavy atom. The quantitative estimate of drug-likeness (QED) is 0.470. The Labute approximate surface area is 209 Å². The molecule has 0 bridgehead atoms. The van der Waals surface area contributed by atoms with Crippen LogP contribution in [0.25, 0.3) is 16.5 Å². The predicted octanol–water partition coefficient (Wildman–Crippen LogP) is 6.22. The summed E-state index contributed by atoms with van der Waals surface area (Å²) in [4.78, 5) is 15.5. The second-order valence-corrected chi connectivity index (χ2v) is 10.8. The molecule has 3 aliphatic rings. The first-order valence-electron chi connectivity index (χ1n) is 13.5. The summed E-state index contributed by atoms with van der Waals surface area (Å²) in [5.74, 6) is 1.06. The van der Waals surface area contributed by atoms with Crippen LogP contribution in [0.15, 0.2) is 45.9 Å². The van der Waals surface area contributed by atoms with Crippen molar-refractivity contribution in [2.24, 2.45) is 9.98 Å². The van der Waals surface area contributed by atoms with E-state index in [9.17, 15) is 0 Å². The van der Waals surface area contributed by atoms with E-state index in [0.717, 1.165) is 51.0 Å². The smallest absolute Gasteiger partial charge is 0.111 e. The van der Waals surface area contributed by atoms with Gasteiger partial charge in [0.05, 0.1) is 11.8 Å². The third kappa shape index (κ3) is 5.07. The number of H-pyrrole nitrogens is 1. The third-order valence-electron chi connectivity index (χ3n) is 8.01. The van der Waals surface area contributed by atoms with Crippen molar-refractivity contribution in [1.29, 1.82) is 0 Å². The molecule has 2 aromatic rings. The summed E-state index contributed by atoms with van der Waals surface area (Å²) in [5.41, 5.74) is 9.05. The van der Waals surface area contributed by atoms with E-state index in [0.29, 0.717) is 18.4 Å². The van der Waals surface area contributed by atoms with E-state index in [1.165, 1.54) is 51.7 Å². The van der Waals surface area contributed by atoms with Gasteiger partial charge in [0.1, 0.15) is 6.34 Å². The Balaban J connectivity index is 1.42. The topological polar surface area (TPSA) is 64.0 Å². The Kier molecular flexibility index (Phi) is 7.35. The summed E-state index contributed by atoms with van der Waals surface area (Å²) in [6, 6.07) is 7.35. The number of hydrogen-bond acceptors (Lipinski definition) is 4. The second kappa shape index (κ2) is 10.6. The number of aliphatic hydroxyl groups excluding tert-OH is 1. The van der Waals surface area contributed by atoms with Crippen molar-refractivity contribution >= 4 is 28.5 Å². The van der Waals surface area contributed by atoms with Gasteiger partial charge in [0, 0.05) is 23.2 Å². The molecule has 0 radical (unpaired) electrons. The van der Waals surface area contributed by atoms with Crippen molar-refractivity contribution in [3.63, 3.8) is 0 Å². The molecule has 5 nitrogen and oxygen atoms in total. The van der Waals surface area contributed by atoms with Gasteiger partial charge in [-0.25, -0.2) is 4.99 Å². The fourth-order valence-corrected chi connectivity index (χ4v) is 6.09. The molecule has 1 aromatic carbocycles. The molecular weight excluding hydrogens is 432 g/mol. The van der Waals surface area contributed by atoms with Crippen LogP contribution in [0.2, 0.25) is 0 Å². The number of aliphatic imine (C=N–C) groups is 2. The Morgan fingerprint density at radius 3 is 2.74 bits per heavy atom. The SMILES string of the molecule is C/C1=C/C(c2[nH]c3ccc(C4CCN(CCCCO)CC4)cc3c2C(C)C)=C\CCC2N=CN=C12. The van der Waals surface area contributed by atoms with Crippen LogP contribution < -0.4 is 0 Å². The van der Waals surface area contributed by atoms with Crippen LogP contribution in [0.4, 0.5) is 0 Å². The standard InChI is InChI=1S/C30H40N4O/c1-20(2)28-25-18-23(22-11-14-34(15-12-22)13-4-5-16-35)9-10-26(25)33-30(28)24-7-6-8-27-29(21(3)17-24)32-19-31-27/h7,9-10,17-20,22,27,33,35H,4-6,8,11-16H2,1-3H3/b21-17-,24-7+. The molecule has 1 aliphatic carbocycles. The molecule has 5 heteroatoms. The molecule has 35 heavy (non-hydrogen) atoms. The maximum absolute atomic E-state index is 9.06. The molecule has 1 atom stereocenters. The van der Waals surface area contributed by atoms with Gasteiger partial charge in [0.25, 0.3) is 0 Å². The highest BCUT2D eigenvalue weighted by molar-refractivity contribution is 6.11. The monoisotopic (exact) mass is 472 g/mol. The van der Waals surface area contributed by atoms with Gasteiger partial charge in [0.2, 0.25) is 0 Å². The van der Waals surface area contributed by atoms with E-state index in [-0.39, 0.29) is 6.04 Å². The fraction of sp³-hybridized carbons (Fsp3) is 0.533. The van der Waals surface area contributed by atoms with Gasteiger partial charge in [-0.2, -0.15) is 0 Å². The first-order chi connectivity index (χ1) is 17.0. The lowest BCUT2D eigenvalue weighted by Crippen LogP contribution is -2.33. The fourth-order valence-electron chi connectivity index (χ4n) is 6.09. The Bertz CT molecular complexity index is 1170. The number of fused-ring (bicyclic) bond motifs is 2. The molecule has 3 heterocycles. The zero-order valence-corrected chi connectivity index (χ0v) is 21.6. The summed E-state index contributed by atoms with van der Waals surface area (Å²) in [6.45, 7) is 10.6. The number of nitrogens with one attached hydrogen (secondary N) is 1. The van der Waals surface area contributed by atoms with E-state index in [1.807, 2.05) is 0 Å². The van der Waals surface area contributed by atoms with E-state index in [1.54, 1.807) is 6.34 Å². The van der Waals surface area contributed by atoms with Crippen LogP contribution in [0, 0.1) is 0 Å². The minimum absolute atomic E-state index is 0.222. The molecule has 2 N–H and O–H groups in total. The number of rotatable bonds is 7. The molecule has 186 valence electrons. The number of aromatic nitrogens is 1. The lowest BCUT2D eigenvalue weighted by atomic mass is 9.87. The summed E-state index contributed by atoms with van der Waals surface area (Å²) in [5, 5.41) is 10.4. The Hall–Kier alpha value is -2.50. The van der Waals surface area contributed by atoms with Crippen LogP contribution >= 0.6 is 0 Å². The van der Waals surface area contributed by atoms with Crippen molar-refractivity contribution < 1.29 is 5.11 Å². The van der Waals surface area contributed by atoms with Crippen molar-refractivity contribution in [3.05, 3.63) is 52.7 Å². The number of unbranched alkanes of at least 4 members (excludes halogenated alkanes) is 1. The molecule has 1 fully saturated rings. The molecule has 2 aliphatic heterocycles. The minimum Gasteiger partial charge on any atom is -0.396 e. The van der Waals surface area contributed by atoms with Gasteiger partial charge in [-0.3, -0.25) is 4.99 Å². The molecular formula is C30H40N4O. The van der Waals surface area contributed by atoms with E-state index >= 15 is 0 Å². The maximum Gasteiger partial charge on any atom is 0.111 e. The minimum atomic E-state index is 0.222. The third-order valence-corrected chi connectivity index (χ3v) is 8.01. The summed E-state index contributed by atoms with van der Waals surface area (Å²) >= 11 is 0. The highest BCUT2D eigenvalue weighted by Gasteiger charge is 2.25. The molecule has 1 saturated heterocycles. The van der Waals surface area contributed by atoms with Gasteiger partial charge < -0.3 is 15.0 Å². The van der Waals surface area contributed by atoms with Crippen molar-refractivity contribution in [3.8, 4) is 0 Å². The van der Waals surface area contributed by atoms with Crippen molar-refractivity contribution in [2.75, 3.05) is 26.2 Å². The normalized spacial score (nSPS) is 24.6. The van der Waals surface area contributed by atoms with Gasteiger partial charge >= 0.3 is 0 Å². The molecule has 5 rings (SSSR count). The lowest BCUT2D eigenvalue weighted by Gasteiger charge is -2.32. The first-order valence-corrected chi connectivity index (χ1v) is 13.5. The number of aromatic amines is 1. The molecule has 0 amide bonds. The first kappa shape index (κ1) is 24.2. The summed E-state index contributed by atoms with van der Waals surface area (Å²) in [6.07, 6.45) is 12.9. The van der Waals surface area contributed by atoms with E-state index in [2.05, 4.69) is 71.0 Å². The number of aliphatic hydroxyl groups is 1. The highest BCUT2D eigenvalue weighted by Crippen LogP contribution is 2.38. The van der Waals surface area contributed by atoms with Gasteiger partial charge in [-0.05, 0) is 117 Å². The van der Waals surface area contributed by atoms with Gasteiger partial charge in [-0.1, -0.05) is 26.0 Å². The van der Waals surface area contributed by atoms with Crippen molar-refractivity contribution in [1.82, 2.24) is 9.88 Å². The van der Waals surface area contributed by atoms with Crippen LogP contribution in [0.1, 0.15) is 88.0 Å². The number of piperidine rings is 1. The zero-order valence-electron chi connectivity index (χ0n) is 21.6. The Morgan fingerprint density at radius 1 is 1.14 bits per heavy atom. The van der Waals surface area contributed by atoms with Crippen LogP contribution in [0.3, 0.4) is 0 Å². The zero-order chi connectivity index (χ0) is 24.4. The number of likely N-dealkylation sites (tertiary alicyclic amines) is 1. The summed E-state index contributed by atoms with van der Waals surface area (Å²) in [7, 11) is 0. The number of hydrogen-bond donors (Lipinski definition) is 2. The average Bonchev–Trinajstić information content (AvgIpc) is 3.47. The van der Waals surface area contributed by atoms with Gasteiger partial charge in [-0.15, -0.1) is 0 Å². The largest absolute Gasteiger partial charge is 0.396 e. The van der Waals surface area contributed by atoms with Crippen molar-refractivity contribution in [2.45, 2.75) is 77.2 Å². The van der Waals surface area contributed by atoms with E-state index in [4.69, 9.17) is 5.11 Å². The lowest BCUT2D eigenvalue weighted by molar-refractivity contribution is 0.199. The molecule has 1 unspecified atom stereocenters. The number of nitrogens with zero attached hydrogens (tertiary/aromatic N) is 3. The maximum atomic E-state index is 9.06. The summed E-state index contributed by atoms with van der Waals surface area (Å²) < 4.78 is 0. The molecule has 1 aromatic heterocycles. The molecule has 0 saturated carbocycles. The number of benzene rings is 1. The number of allylic oxidation sites excluding steroid dienone is 3. The van der Waals surface area contributed by atoms with Crippen LogP contribution in [-0.4, -0.2) is 59.3 Å².